The quantitative estimate of drug-likeness (QED) is 0.254. The molecule has 0 unspecified atom stereocenters. The Morgan fingerprint density at radius 3 is 2.68 bits per heavy atom. The zero-order valence-corrected chi connectivity index (χ0v) is 23.7. The zero-order valence-electron chi connectivity index (χ0n) is 22.9. The van der Waals surface area contributed by atoms with Crippen LogP contribution in [0.1, 0.15) is 69.1 Å². The van der Waals surface area contributed by atoms with Crippen molar-refractivity contribution in [3.8, 4) is 10.4 Å². The minimum Gasteiger partial charge on any atom is -0.460 e. The maximum Gasteiger partial charge on any atom is 0.309 e. The van der Waals surface area contributed by atoms with E-state index in [-0.39, 0.29) is 11.9 Å². The third-order valence-corrected chi connectivity index (χ3v) is 7.81. The van der Waals surface area contributed by atoms with Gasteiger partial charge in [-0.3, -0.25) is 4.79 Å². The van der Waals surface area contributed by atoms with Crippen molar-refractivity contribution in [2.24, 2.45) is 5.92 Å². The number of nitrogens with zero attached hydrogens (tertiary/aromatic N) is 3. The molecule has 0 radical (unpaired) electrons. The molecular weight excluding hydrogens is 500 g/mol. The van der Waals surface area contributed by atoms with Gasteiger partial charge in [0.2, 0.25) is 5.95 Å². The summed E-state index contributed by atoms with van der Waals surface area (Å²) in [7, 11) is 1.70. The molecule has 1 aliphatic carbocycles. The molecule has 0 spiro atoms. The smallest absolute Gasteiger partial charge is 0.309 e. The Bertz CT molecular complexity index is 1250. The summed E-state index contributed by atoms with van der Waals surface area (Å²) in [6.45, 7) is 8.38. The Morgan fingerprint density at radius 2 is 1.97 bits per heavy atom. The van der Waals surface area contributed by atoms with Crippen LogP contribution in [0.15, 0.2) is 36.7 Å². The van der Waals surface area contributed by atoms with E-state index in [0.29, 0.717) is 43.2 Å². The van der Waals surface area contributed by atoms with Crippen molar-refractivity contribution < 1.29 is 19.4 Å². The van der Waals surface area contributed by atoms with E-state index in [1.165, 1.54) is 11.3 Å². The summed E-state index contributed by atoms with van der Waals surface area (Å²) in [6.07, 6.45) is 7.47. The number of hydrogen-bond acceptors (Lipinski definition) is 9. The van der Waals surface area contributed by atoms with E-state index in [4.69, 9.17) is 9.47 Å². The summed E-state index contributed by atoms with van der Waals surface area (Å²) in [5.41, 5.74) is 2.43. The molecule has 0 amide bonds. The highest BCUT2D eigenvalue weighted by Gasteiger charge is 2.40. The maximum atomic E-state index is 12.5. The molecule has 1 aromatic carbocycles. The molecule has 1 aliphatic rings. The summed E-state index contributed by atoms with van der Waals surface area (Å²) in [4.78, 5) is 27.1. The third kappa shape index (κ3) is 7.36. The molecule has 2 N–H and O–H groups in total. The first kappa shape index (κ1) is 28.1. The molecular formula is C29H38N4O4S. The highest BCUT2D eigenvalue weighted by atomic mass is 32.1. The number of aromatic nitrogens is 3. The van der Waals surface area contributed by atoms with Crippen LogP contribution in [0.5, 0.6) is 0 Å². The number of anilines is 2. The van der Waals surface area contributed by atoms with Crippen molar-refractivity contribution >= 4 is 28.9 Å². The van der Waals surface area contributed by atoms with Crippen LogP contribution in [-0.4, -0.2) is 45.3 Å². The van der Waals surface area contributed by atoms with Gasteiger partial charge in [-0.2, -0.15) is 0 Å². The first-order valence-electron chi connectivity index (χ1n) is 13.2. The van der Waals surface area contributed by atoms with Crippen LogP contribution in [0.4, 0.5) is 11.6 Å². The lowest BCUT2D eigenvalue weighted by Gasteiger charge is -2.34. The Kier molecular flexibility index (Phi) is 8.80. The average molecular weight is 539 g/mol. The molecule has 9 heteroatoms. The highest BCUT2D eigenvalue weighted by molar-refractivity contribution is 7.15. The van der Waals surface area contributed by atoms with Crippen molar-refractivity contribution in [1.82, 2.24) is 15.0 Å². The van der Waals surface area contributed by atoms with Crippen LogP contribution >= 0.6 is 11.3 Å². The van der Waals surface area contributed by atoms with Gasteiger partial charge in [-0.25, -0.2) is 15.0 Å². The van der Waals surface area contributed by atoms with Crippen molar-refractivity contribution in [1.29, 1.82) is 0 Å². The van der Waals surface area contributed by atoms with E-state index < -0.39 is 11.2 Å². The predicted molar refractivity (Wildman–Crippen MR) is 149 cm³/mol. The number of hydrogen-bond donors (Lipinski definition) is 2. The predicted octanol–water partition coefficient (Wildman–Crippen LogP) is 5.95. The molecule has 2 heterocycles. The third-order valence-electron chi connectivity index (χ3n) is 6.57. The Labute approximate surface area is 228 Å². The van der Waals surface area contributed by atoms with Crippen molar-refractivity contribution in [3.63, 3.8) is 0 Å². The number of aryl methyl sites for hydroxylation is 2. The number of nitrogens with one attached hydrogen (secondary N) is 1. The minimum atomic E-state index is -1.02. The van der Waals surface area contributed by atoms with Crippen molar-refractivity contribution in [2.75, 3.05) is 19.0 Å². The summed E-state index contributed by atoms with van der Waals surface area (Å²) in [5.74, 6) is 0.196. The average Bonchev–Trinajstić information content (AvgIpc) is 3.35. The zero-order chi connectivity index (χ0) is 27.3. The summed E-state index contributed by atoms with van der Waals surface area (Å²) >= 11 is 1.50. The fourth-order valence-corrected chi connectivity index (χ4v) is 5.72. The lowest BCUT2D eigenvalue weighted by atomic mass is 9.79. The number of carbonyl (C=O) groups excluding carboxylic acids is 1. The maximum absolute atomic E-state index is 12.5. The molecule has 0 atom stereocenters. The second kappa shape index (κ2) is 11.9. The van der Waals surface area contributed by atoms with E-state index in [0.717, 1.165) is 40.2 Å². The van der Waals surface area contributed by atoms with Gasteiger partial charge in [-0.05, 0) is 95.5 Å². The van der Waals surface area contributed by atoms with Crippen LogP contribution in [-0.2, 0) is 26.3 Å². The second-order valence-corrected chi connectivity index (χ2v) is 12.1. The fraction of sp³-hybridized carbons (Fsp3) is 0.517. The molecule has 3 aromatic rings. The lowest BCUT2D eigenvalue weighted by molar-refractivity contribution is -0.163. The molecule has 0 aliphatic heterocycles. The van der Waals surface area contributed by atoms with Crippen LogP contribution in [0.25, 0.3) is 10.4 Å². The van der Waals surface area contributed by atoms with Gasteiger partial charge in [0.15, 0.2) is 0 Å². The molecule has 1 saturated carbocycles. The van der Waals surface area contributed by atoms with Crippen LogP contribution in [0.2, 0.25) is 0 Å². The summed E-state index contributed by atoms with van der Waals surface area (Å²) < 4.78 is 10.7. The monoisotopic (exact) mass is 538 g/mol. The topological polar surface area (TPSA) is 106 Å². The molecule has 204 valence electrons. The molecule has 8 nitrogen and oxygen atoms in total. The van der Waals surface area contributed by atoms with Gasteiger partial charge in [-0.15, -0.1) is 11.3 Å². The number of esters is 1. The van der Waals surface area contributed by atoms with E-state index in [9.17, 15) is 9.90 Å². The number of rotatable bonds is 9. The molecule has 0 saturated heterocycles. The number of ether oxygens (including phenoxy) is 2. The molecule has 2 aromatic heterocycles. The van der Waals surface area contributed by atoms with Gasteiger partial charge in [0, 0.05) is 37.5 Å². The largest absolute Gasteiger partial charge is 0.460 e. The highest BCUT2D eigenvalue weighted by Crippen LogP contribution is 2.43. The minimum absolute atomic E-state index is 0.177. The Morgan fingerprint density at radius 1 is 1.21 bits per heavy atom. The molecule has 38 heavy (non-hydrogen) atoms. The normalized spacial score (nSPS) is 19.8. The van der Waals surface area contributed by atoms with Crippen LogP contribution in [0.3, 0.4) is 0 Å². The molecule has 0 bridgehead atoms. The number of benzene rings is 1. The van der Waals surface area contributed by atoms with Gasteiger partial charge < -0.3 is 19.9 Å². The van der Waals surface area contributed by atoms with Crippen molar-refractivity contribution in [2.45, 2.75) is 77.4 Å². The van der Waals surface area contributed by atoms with E-state index in [2.05, 4.69) is 38.5 Å². The van der Waals surface area contributed by atoms with Crippen LogP contribution < -0.4 is 5.32 Å². The first-order valence-corrected chi connectivity index (χ1v) is 14.0. The van der Waals surface area contributed by atoms with E-state index in [1.54, 1.807) is 13.3 Å². The Balaban J connectivity index is 1.45. The lowest BCUT2D eigenvalue weighted by Crippen LogP contribution is -2.36. The van der Waals surface area contributed by atoms with E-state index in [1.807, 2.05) is 40.0 Å². The molecule has 1 fully saturated rings. The summed E-state index contributed by atoms with van der Waals surface area (Å²) in [6, 6.07) is 8.13. The Hall–Kier alpha value is -2.88. The summed E-state index contributed by atoms with van der Waals surface area (Å²) in [5, 5.41) is 15.4. The molecule has 4 rings (SSSR count). The van der Waals surface area contributed by atoms with Crippen molar-refractivity contribution in [3.05, 3.63) is 52.9 Å². The van der Waals surface area contributed by atoms with E-state index >= 15 is 0 Å². The van der Waals surface area contributed by atoms with Gasteiger partial charge in [0.05, 0.1) is 10.8 Å². The standard InChI is InChI=1S/C29H38N4O4S/c1-19-15-21(17-23(16-19)33-27-30-13-10-22(32-27)7-6-14-36-5)24-18-31-26(38-24)29(35)11-8-20(9-12-29)25(34)37-28(2,3)4/h10,13,15-18,20,35H,6-9,11-12,14H2,1-5H3,(H,30,32,33). The van der Waals surface area contributed by atoms with Gasteiger partial charge in [0.25, 0.3) is 0 Å². The van der Waals surface area contributed by atoms with Crippen LogP contribution in [0, 0.1) is 12.8 Å². The first-order chi connectivity index (χ1) is 18.0. The fourth-order valence-electron chi connectivity index (χ4n) is 4.67. The second-order valence-electron chi connectivity index (χ2n) is 11.0. The van der Waals surface area contributed by atoms with Gasteiger partial charge >= 0.3 is 5.97 Å². The van der Waals surface area contributed by atoms with Gasteiger partial charge in [-0.1, -0.05) is 6.07 Å². The number of methoxy groups -OCH3 is 1. The van der Waals surface area contributed by atoms with Gasteiger partial charge in [0.1, 0.15) is 16.2 Å². The number of aliphatic hydroxyl groups is 1. The number of carbonyl (C=O) groups is 1. The SMILES string of the molecule is COCCCc1ccnc(Nc2cc(C)cc(-c3cnc(C4(O)CCC(C(=O)OC(C)(C)C)CC4)s3)c2)n1. The number of thiazole rings is 1.